The third-order valence-corrected chi connectivity index (χ3v) is 4.68. The Morgan fingerprint density at radius 2 is 1.89 bits per heavy atom. The normalized spacial score (nSPS) is 14.0. The van der Waals surface area contributed by atoms with Crippen LogP contribution in [0.5, 0.6) is 11.5 Å². The van der Waals surface area contributed by atoms with E-state index in [2.05, 4.69) is 10.3 Å². The lowest BCUT2D eigenvalue weighted by atomic mass is 10.0. The molecule has 1 aromatic heterocycles. The average Bonchev–Trinajstić information content (AvgIpc) is 2.71. The Morgan fingerprint density at radius 3 is 2.70 bits per heavy atom. The van der Waals surface area contributed by atoms with Crippen LogP contribution >= 0.6 is 0 Å². The standard InChI is InChI=1S/C21H20N2O4/c1-2-16(14-7-8-18-19(12-14)27-10-9-26-18)22-20(24)15-11-13-5-3-4-6-17(13)23-21(15)25/h3-8,11-12,16H,2,9-10H2,1H3,(H,22,24)(H,23,25). The molecule has 0 aliphatic carbocycles. The van der Waals surface area contributed by atoms with Crippen molar-refractivity contribution in [3.8, 4) is 11.5 Å². The Balaban J connectivity index is 1.61. The molecular weight excluding hydrogens is 344 g/mol. The molecule has 0 saturated heterocycles. The van der Waals surface area contributed by atoms with Crippen LogP contribution in [0.25, 0.3) is 10.9 Å². The molecule has 6 nitrogen and oxygen atoms in total. The lowest BCUT2D eigenvalue weighted by molar-refractivity contribution is 0.0934. The molecule has 1 aliphatic rings. The van der Waals surface area contributed by atoms with Crippen molar-refractivity contribution in [1.82, 2.24) is 10.3 Å². The van der Waals surface area contributed by atoms with Crippen molar-refractivity contribution < 1.29 is 14.3 Å². The fraction of sp³-hybridized carbons (Fsp3) is 0.238. The van der Waals surface area contributed by atoms with E-state index in [9.17, 15) is 9.59 Å². The van der Waals surface area contributed by atoms with E-state index < -0.39 is 11.5 Å². The minimum absolute atomic E-state index is 0.102. The van der Waals surface area contributed by atoms with Gasteiger partial charge < -0.3 is 19.8 Å². The molecule has 1 amide bonds. The van der Waals surface area contributed by atoms with Crippen LogP contribution in [0.2, 0.25) is 0 Å². The summed E-state index contributed by atoms with van der Waals surface area (Å²) in [6, 6.07) is 14.4. The number of amides is 1. The monoisotopic (exact) mass is 364 g/mol. The van der Waals surface area contributed by atoms with Crippen molar-refractivity contribution in [1.29, 1.82) is 0 Å². The van der Waals surface area contributed by atoms with Gasteiger partial charge in [-0.25, -0.2) is 0 Å². The highest BCUT2D eigenvalue weighted by Gasteiger charge is 2.20. The lowest BCUT2D eigenvalue weighted by Crippen LogP contribution is -2.32. The molecule has 6 heteroatoms. The maximum Gasteiger partial charge on any atom is 0.261 e. The van der Waals surface area contributed by atoms with Gasteiger partial charge >= 0.3 is 0 Å². The Morgan fingerprint density at radius 1 is 1.11 bits per heavy atom. The van der Waals surface area contributed by atoms with E-state index in [1.165, 1.54) is 0 Å². The molecule has 0 saturated carbocycles. The highest BCUT2D eigenvalue weighted by Crippen LogP contribution is 2.33. The van der Waals surface area contributed by atoms with Gasteiger partial charge in [-0.1, -0.05) is 31.2 Å². The van der Waals surface area contributed by atoms with Gasteiger partial charge in [0.05, 0.1) is 6.04 Å². The summed E-state index contributed by atoms with van der Waals surface area (Å²) in [5, 5.41) is 3.77. The van der Waals surface area contributed by atoms with Gasteiger partial charge in [-0.3, -0.25) is 9.59 Å². The van der Waals surface area contributed by atoms with Crippen molar-refractivity contribution in [2.45, 2.75) is 19.4 Å². The van der Waals surface area contributed by atoms with Crippen LogP contribution in [-0.4, -0.2) is 24.1 Å². The van der Waals surface area contributed by atoms with E-state index in [0.29, 0.717) is 36.7 Å². The van der Waals surface area contributed by atoms with E-state index in [-0.39, 0.29) is 11.6 Å². The molecule has 4 rings (SSSR count). The SMILES string of the molecule is CCC(NC(=O)c1cc2ccccc2[nH]c1=O)c1ccc2c(c1)OCCO2. The van der Waals surface area contributed by atoms with Crippen LogP contribution in [0.4, 0.5) is 0 Å². The largest absolute Gasteiger partial charge is 0.486 e. The first-order chi connectivity index (χ1) is 13.2. The van der Waals surface area contributed by atoms with Crippen molar-refractivity contribution in [3.63, 3.8) is 0 Å². The van der Waals surface area contributed by atoms with Gasteiger partial charge in [-0.2, -0.15) is 0 Å². The zero-order valence-electron chi connectivity index (χ0n) is 15.0. The van der Waals surface area contributed by atoms with Crippen LogP contribution in [0.3, 0.4) is 0 Å². The zero-order chi connectivity index (χ0) is 18.8. The number of hydrogen-bond acceptors (Lipinski definition) is 4. The Hall–Kier alpha value is -3.28. The maximum absolute atomic E-state index is 12.8. The summed E-state index contributed by atoms with van der Waals surface area (Å²) in [5.74, 6) is 0.982. The molecule has 0 fully saturated rings. The van der Waals surface area contributed by atoms with E-state index in [0.717, 1.165) is 10.9 Å². The number of pyridine rings is 1. The number of fused-ring (bicyclic) bond motifs is 2. The van der Waals surface area contributed by atoms with Gasteiger partial charge in [0.15, 0.2) is 11.5 Å². The summed E-state index contributed by atoms with van der Waals surface area (Å²) in [4.78, 5) is 27.8. The van der Waals surface area contributed by atoms with Gasteiger partial charge in [-0.15, -0.1) is 0 Å². The Bertz CT molecular complexity index is 1060. The molecular formula is C21H20N2O4. The van der Waals surface area contributed by atoms with E-state index in [1.807, 2.05) is 49.4 Å². The predicted octanol–water partition coefficient (Wildman–Crippen LogP) is 3.18. The molecule has 0 bridgehead atoms. The fourth-order valence-corrected chi connectivity index (χ4v) is 3.25. The van der Waals surface area contributed by atoms with Crippen molar-refractivity contribution in [2.75, 3.05) is 13.2 Å². The first kappa shape index (κ1) is 17.1. The van der Waals surface area contributed by atoms with E-state index in [4.69, 9.17) is 9.47 Å². The highest BCUT2D eigenvalue weighted by atomic mass is 16.6. The topological polar surface area (TPSA) is 80.4 Å². The number of benzene rings is 2. The molecule has 138 valence electrons. The van der Waals surface area contributed by atoms with Crippen molar-refractivity contribution in [2.24, 2.45) is 0 Å². The van der Waals surface area contributed by atoms with Crippen LogP contribution in [0.15, 0.2) is 53.3 Å². The molecule has 0 radical (unpaired) electrons. The number of carbonyl (C=O) groups is 1. The van der Waals surface area contributed by atoms with Crippen LogP contribution in [-0.2, 0) is 0 Å². The van der Waals surface area contributed by atoms with Crippen LogP contribution in [0.1, 0.15) is 35.3 Å². The number of aromatic nitrogens is 1. The zero-order valence-corrected chi connectivity index (χ0v) is 15.0. The minimum atomic E-state index is -0.400. The summed E-state index contributed by atoms with van der Waals surface area (Å²) in [7, 11) is 0. The summed E-state index contributed by atoms with van der Waals surface area (Å²) < 4.78 is 11.2. The third kappa shape index (κ3) is 3.38. The number of ether oxygens (including phenoxy) is 2. The number of carbonyl (C=O) groups excluding carboxylic acids is 1. The second kappa shape index (κ2) is 7.15. The fourth-order valence-electron chi connectivity index (χ4n) is 3.25. The summed E-state index contributed by atoms with van der Waals surface area (Å²) in [6.07, 6.45) is 0.677. The molecule has 3 aromatic rings. The number of H-pyrrole nitrogens is 1. The summed E-state index contributed by atoms with van der Waals surface area (Å²) in [5.41, 5.74) is 1.32. The summed E-state index contributed by atoms with van der Waals surface area (Å²) in [6.45, 7) is 3.02. The molecule has 27 heavy (non-hydrogen) atoms. The Labute approximate surface area is 156 Å². The average molecular weight is 364 g/mol. The van der Waals surface area contributed by atoms with Gasteiger partial charge in [0.1, 0.15) is 18.8 Å². The Kier molecular flexibility index (Phi) is 4.54. The number of para-hydroxylation sites is 1. The number of hydrogen-bond donors (Lipinski definition) is 2. The molecule has 1 atom stereocenters. The molecule has 2 aromatic carbocycles. The van der Waals surface area contributed by atoms with Crippen molar-refractivity contribution in [3.05, 3.63) is 70.0 Å². The highest BCUT2D eigenvalue weighted by molar-refractivity contribution is 5.97. The molecule has 0 spiro atoms. The van der Waals surface area contributed by atoms with E-state index >= 15 is 0 Å². The van der Waals surface area contributed by atoms with Crippen molar-refractivity contribution >= 4 is 16.8 Å². The van der Waals surface area contributed by atoms with Gasteiger partial charge in [0.2, 0.25) is 0 Å². The molecule has 2 N–H and O–H groups in total. The lowest BCUT2D eigenvalue weighted by Gasteiger charge is -2.22. The number of rotatable bonds is 4. The van der Waals surface area contributed by atoms with Crippen LogP contribution in [0, 0.1) is 0 Å². The van der Waals surface area contributed by atoms with Gasteiger partial charge in [-0.05, 0) is 41.6 Å². The second-order valence-electron chi connectivity index (χ2n) is 6.44. The molecule has 2 heterocycles. The second-order valence-corrected chi connectivity index (χ2v) is 6.44. The van der Waals surface area contributed by atoms with E-state index in [1.54, 1.807) is 6.07 Å². The quantitative estimate of drug-likeness (QED) is 0.745. The van der Waals surface area contributed by atoms with Gasteiger partial charge in [0.25, 0.3) is 11.5 Å². The number of nitrogens with one attached hydrogen (secondary N) is 2. The van der Waals surface area contributed by atoms with Gasteiger partial charge in [0, 0.05) is 5.52 Å². The molecule has 1 unspecified atom stereocenters. The maximum atomic E-state index is 12.8. The predicted molar refractivity (Wildman–Crippen MR) is 102 cm³/mol. The first-order valence-electron chi connectivity index (χ1n) is 8.98. The smallest absolute Gasteiger partial charge is 0.261 e. The summed E-state index contributed by atoms with van der Waals surface area (Å²) >= 11 is 0. The minimum Gasteiger partial charge on any atom is -0.486 e. The van der Waals surface area contributed by atoms with Crippen LogP contribution < -0.4 is 20.3 Å². The molecule has 1 aliphatic heterocycles. The third-order valence-electron chi connectivity index (χ3n) is 4.68. The number of aromatic amines is 1. The first-order valence-corrected chi connectivity index (χ1v) is 8.98.